The molecular weight excluding hydrogens is 184 g/mol. The standard InChI is InChI=1S/C14H22O/c1-5-6-7-10-11-8-9-14(4,12(10)15)13(11,2)3/h7,11H,5-6,8-9H2,1-4H3/b10-7+/t11-,14-/m0/s1. The molecule has 0 aromatic heterocycles. The fourth-order valence-corrected chi connectivity index (χ4v) is 3.46. The molecule has 0 aliphatic heterocycles. The van der Waals surface area contributed by atoms with Crippen LogP contribution in [0.5, 0.6) is 0 Å². The summed E-state index contributed by atoms with van der Waals surface area (Å²) in [4.78, 5) is 12.3. The second-order valence-corrected chi connectivity index (χ2v) is 5.92. The van der Waals surface area contributed by atoms with Crippen molar-refractivity contribution in [1.29, 1.82) is 0 Å². The van der Waals surface area contributed by atoms with Crippen LogP contribution in [0.3, 0.4) is 0 Å². The first-order chi connectivity index (χ1) is 6.95. The van der Waals surface area contributed by atoms with Gasteiger partial charge in [-0.2, -0.15) is 0 Å². The number of Topliss-reactive ketones (excluding diaryl/α,β-unsaturated/α-hetero) is 1. The monoisotopic (exact) mass is 206 g/mol. The van der Waals surface area contributed by atoms with E-state index in [1.165, 1.54) is 6.42 Å². The predicted molar refractivity (Wildman–Crippen MR) is 62.6 cm³/mol. The molecule has 0 heterocycles. The summed E-state index contributed by atoms with van der Waals surface area (Å²) in [5.41, 5.74) is 1.26. The molecule has 0 aromatic rings. The lowest BCUT2D eigenvalue weighted by atomic mass is 9.70. The van der Waals surface area contributed by atoms with Gasteiger partial charge in [0.1, 0.15) is 0 Å². The lowest BCUT2D eigenvalue weighted by Crippen LogP contribution is -2.32. The molecule has 15 heavy (non-hydrogen) atoms. The van der Waals surface area contributed by atoms with Gasteiger partial charge in [-0.15, -0.1) is 0 Å². The molecule has 1 heteroatoms. The van der Waals surface area contributed by atoms with Crippen LogP contribution in [0, 0.1) is 16.7 Å². The van der Waals surface area contributed by atoms with Crippen LogP contribution < -0.4 is 0 Å². The Morgan fingerprint density at radius 2 is 2.07 bits per heavy atom. The second-order valence-electron chi connectivity index (χ2n) is 5.92. The average Bonchev–Trinajstić information content (AvgIpc) is 2.48. The van der Waals surface area contributed by atoms with Crippen LogP contribution in [0.2, 0.25) is 0 Å². The minimum absolute atomic E-state index is 0.0722. The Balaban J connectivity index is 2.38. The summed E-state index contributed by atoms with van der Waals surface area (Å²) in [5.74, 6) is 0.971. The molecule has 0 saturated heterocycles. The molecule has 0 aromatic carbocycles. The second kappa shape index (κ2) is 3.20. The van der Waals surface area contributed by atoms with E-state index in [9.17, 15) is 4.79 Å². The van der Waals surface area contributed by atoms with Crippen molar-refractivity contribution in [2.75, 3.05) is 0 Å². The van der Waals surface area contributed by atoms with Crippen molar-refractivity contribution in [2.45, 2.75) is 53.4 Å². The lowest BCUT2D eigenvalue weighted by Gasteiger charge is -2.31. The van der Waals surface area contributed by atoms with Crippen LogP contribution in [-0.4, -0.2) is 5.78 Å². The number of hydrogen-bond acceptors (Lipinski definition) is 1. The number of hydrogen-bond donors (Lipinski definition) is 0. The highest BCUT2D eigenvalue weighted by molar-refractivity contribution is 6.04. The summed E-state index contributed by atoms with van der Waals surface area (Å²) in [7, 11) is 0. The third-order valence-corrected chi connectivity index (χ3v) is 5.02. The molecule has 0 radical (unpaired) electrons. The van der Waals surface area contributed by atoms with Gasteiger partial charge in [-0.3, -0.25) is 4.79 Å². The highest BCUT2D eigenvalue weighted by Gasteiger charge is 2.63. The number of allylic oxidation sites excluding steroid dienone is 2. The third-order valence-electron chi connectivity index (χ3n) is 5.02. The van der Waals surface area contributed by atoms with E-state index in [1.807, 2.05) is 0 Å². The largest absolute Gasteiger partial charge is 0.294 e. The number of carbonyl (C=O) groups is 1. The quantitative estimate of drug-likeness (QED) is 0.629. The molecule has 2 atom stereocenters. The van der Waals surface area contributed by atoms with Gasteiger partial charge in [-0.1, -0.05) is 40.2 Å². The molecule has 2 aliphatic rings. The number of fused-ring (bicyclic) bond motifs is 2. The van der Waals surface area contributed by atoms with E-state index < -0.39 is 0 Å². The van der Waals surface area contributed by atoms with Gasteiger partial charge in [-0.25, -0.2) is 0 Å². The van der Waals surface area contributed by atoms with Gasteiger partial charge in [0.05, 0.1) is 0 Å². The molecule has 0 unspecified atom stereocenters. The summed E-state index contributed by atoms with van der Waals surface area (Å²) >= 11 is 0. The van der Waals surface area contributed by atoms with Crippen molar-refractivity contribution < 1.29 is 4.79 Å². The van der Waals surface area contributed by atoms with Crippen LogP contribution in [0.15, 0.2) is 11.6 Å². The Morgan fingerprint density at radius 1 is 1.40 bits per heavy atom. The first-order valence-electron chi connectivity index (χ1n) is 6.20. The number of ketones is 1. The van der Waals surface area contributed by atoms with Gasteiger partial charge in [0.25, 0.3) is 0 Å². The zero-order chi connectivity index (χ0) is 11.3. The highest BCUT2D eigenvalue weighted by atomic mass is 16.1. The number of carbonyl (C=O) groups excluding carboxylic acids is 1. The Kier molecular flexibility index (Phi) is 2.33. The molecular formula is C14H22O. The first-order valence-corrected chi connectivity index (χ1v) is 6.20. The maximum atomic E-state index is 12.3. The zero-order valence-electron chi connectivity index (χ0n) is 10.4. The van der Waals surface area contributed by atoms with Gasteiger partial charge < -0.3 is 0 Å². The smallest absolute Gasteiger partial charge is 0.165 e. The van der Waals surface area contributed by atoms with Crippen molar-refractivity contribution in [2.24, 2.45) is 16.7 Å². The van der Waals surface area contributed by atoms with E-state index in [0.717, 1.165) is 24.8 Å². The minimum atomic E-state index is -0.0722. The Bertz CT molecular complexity index is 324. The van der Waals surface area contributed by atoms with Gasteiger partial charge in [0.15, 0.2) is 5.78 Å². The topological polar surface area (TPSA) is 17.1 Å². The normalized spacial score (nSPS) is 40.4. The SMILES string of the molecule is CCC/C=C1/C(=O)[C@]2(C)CC[C@@H]1C2(C)C. The average molecular weight is 206 g/mol. The highest BCUT2D eigenvalue weighted by Crippen LogP contribution is 2.65. The molecule has 2 fully saturated rings. The van der Waals surface area contributed by atoms with Gasteiger partial charge >= 0.3 is 0 Å². The van der Waals surface area contributed by atoms with E-state index in [4.69, 9.17) is 0 Å². The summed E-state index contributed by atoms with van der Waals surface area (Å²) < 4.78 is 0. The van der Waals surface area contributed by atoms with E-state index in [-0.39, 0.29) is 10.8 Å². The van der Waals surface area contributed by atoms with Crippen molar-refractivity contribution in [1.82, 2.24) is 0 Å². The molecule has 2 aliphatic carbocycles. The van der Waals surface area contributed by atoms with Crippen molar-refractivity contribution in [3.8, 4) is 0 Å². The minimum Gasteiger partial charge on any atom is -0.294 e. The Labute approximate surface area is 92.9 Å². The number of rotatable bonds is 2. The van der Waals surface area contributed by atoms with Crippen LogP contribution in [-0.2, 0) is 4.79 Å². The molecule has 0 spiro atoms. The maximum Gasteiger partial charge on any atom is 0.165 e. The molecule has 1 nitrogen and oxygen atoms in total. The molecule has 2 saturated carbocycles. The zero-order valence-corrected chi connectivity index (χ0v) is 10.4. The van der Waals surface area contributed by atoms with Crippen molar-refractivity contribution in [3.63, 3.8) is 0 Å². The number of unbranched alkanes of at least 4 members (excludes halogenated alkanes) is 1. The maximum absolute atomic E-state index is 12.3. The predicted octanol–water partition coefficient (Wildman–Crippen LogP) is 3.74. The van der Waals surface area contributed by atoms with Crippen LogP contribution in [0.25, 0.3) is 0 Å². The third kappa shape index (κ3) is 1.18. The molecule has 84 valence electrons. The first kappa shape index (κ1) is 10.9. The van der Waals surface area contributed by atoms with E-state index in [2.05, 4.69) is 33.8 Å². The fourth-order valence-electron chi connectivity index (χ4n) is 3.46. The summed E-state index contributed by atoms with van der Waals surface area (Å²) in [6.45, 7) is 8.88. The summed E-state index contributed by atoms with van der Waals surface area (Å²) in [6.07, 6.45) is 6.71. The summed E-state index contributed by atoms with van der Waals surface area (Å²) in [6, 6.07) is 0. The van der Waals surface area contributed by atoms with Gasteiger partial charge in [0, 0.05) is 5.41 Å². The molecule has 2 rings (SSSR count). The van der Waals surface area contributed by atoms with Crippen molar-refractivity contribution >= 4 is 5.78 Å². The van der Waals surface area contributed by atoms with Gasteiger partial charge in [0.2, 0.25) is 0 Å². The van der Waals surface area contributed by atoms with E-state index in [1.54, 1.807) is 0 Å². The lowest BCUT2D eigenvalue weighted by molar-refractivity contribution is -0.125. The van der Waals surface area contributed by atoms with Crippen molar-refractivity contribution in [3.05, 3.63) is 11.6 Å². The molecule has 0 amide bonds. The Hall–Kier alpha value is -0.590. The van der Waals surface area contributed by atoms with Crippen LogP contribution in [0.1, 0.15) is 53.4 Å². The van der Waals surface area contributed by atoms with Crippen LogP contribution in [0.4, 0.5) is 0 Å². The fraction of sp³-hybridized carbons (Fsp3) is 0.786. The van der Waals surface area contributed by atoms with Gasteiger partial charge in [-0.05, 0) is 36.2 Å². The molecule has 2 bridgehead atoms. The van der Waals surface area contributed by atoms with E-state index in [0.29, 0.717) is 11.7 Å². The molecule has 0 N–H and O–H groups in total. The van der Waals surface area contributed by atoms with E-state index >= 15 is 0 Å². The Morgan fingerprint density at radius 3 is 2.53 bits per heavy atom. The van der Waals surface area contributed by atoms with Crippen LogP contribution >= 0.6 is 0 Å². The summed E-state index contributed by atoms with van der Waals surface area (Å²) in [5, 5.41) is 0.